The summed E-state index contributed by atoms with van der Waals surface area (Å²) >= 11 is 0. The van der Waals surface area contributed by atoms with Gasteiger partial charge in [0.1, 0.15) is 5.76 Å². The lowest BCUT2D eigenvalue weighted by Crippen LogP contribution is -2.44. The summed E-state index contributed by atoms with van der Waals surface area (Å²) in [4.78, 5) is 25.2. The number of methoxy groups -OCH3 is 1. The van der Waals surface area contributed by atoms with Crippen LogP contribution < -0.4 is 4.74 Å². The predicted molar refractivity (Wildman–Crippen MR) is 68.1 cm³/mol. The van der Waals surface area contributed by atoms with Crippen LogP contribution in [0.2, 0.25) is 0 Å². The van der Waals surface area contributed by atoms with Crippen LogP contribution in [0.5, 0.6) is 5.88 Å². The largest absolute Gasteiger partial charge is 0.469 e. The van der Waals surface area contributed by atoms with E-state index in [9.17, 15) is 9.59 Å². The fraction of sp³-hybridized carbons (Fsp3) is 0.615. The van der Waals surface area contributed by atoms with Gasteiger partial charge < -0.3 is 18.9 Å². The Kier molecular flexibility index (Phi) is 4.60. The summed E-state index contributed by atoms with van der Waals surface area (Å²) in [5, 5.41) is 3.65. The third-order valence-electron chi connectivity index (χ3n) is 3.26. The average Bonchev–Trinajstić information content (AvgIpc) is 2.89. The molecule has 1 atom stereocenters. The molecule has 0 spiro atoms. The number of rotatable bonds is 4. The Morgan fingerprint density at radius 2 is 2.35 bits per heavy atom. The van der Waals surface area contributed by atoms with E-state index in [-0.39, 0.29) is 30.3 Å². The van der Waals surface area contributed by atoms with Gasteiger partial charge in [-0.05, 0) is 24.9 Å². The van der Waals surface area contributed by atoms with Crippen molar-refractivity contribution in [2.24, 2.45) is 5.92 Å². The molecule has 20 heavy (non-hydrogen) atoms. The first-order valence-corrected chi connectivity index (χ1v) is 6.52. The van der Waals surface area contributed by atoms with Gasteiger partial charge in [-0.1, -0.05) is 0 Å². The zero-order valence-electron chi connectivity index (χ0n) is 11.6. The molecule has 1 aliphatic heterocycles. The lowest BCUT2D eigenvalue weighted by molar-refractivity contribution is -0.149. The number of nitrogens with zero attached hydrogens (tertiary/aromatic N) is 2. The molecule has 0 bridgehead atoms. The second-order valence-electron chi connectivity index (χ2n) is 4.77. The Balaban J connectivity index is 1.84. The maximum Gasteiger partial charge on any atom is 0.310 e. The number of carbonyl (C=O) groups is 2. The Morgan fingerprint density at radius 1 is 1.55 bits per heavy atom. The first kappa shape index (κ1) is 14.4. The summed E-state index contributed by atoms with van der Waals surface area (Å²) < 4.78 is 14.8. The molecular weight excluding hydrogens is 264 g/mol. The molecule has 1 aromatic rings. The van der Waals surface area contributed by atoms with Gasteiger partial charge in [0.2, 0.25) is 0 Å². The highest BCUT2D eigenvalue weighted by atomic mass is 16.5. The third-order valence-corrected chi connectivity index (χ3v) is 3.26. The van der Waals surface area contributed by atoms with Crippen LogP contribution in [-0.4, -0.2) is 48.7 Å². The highest BCUT2D eigenvalue weighted by Gasteiger charge is 2.29. The molecule has 0 saturated carbocycles. The van der Waals surface area contributed by atoms with Gasteiger partial charge in [0.15, 0.2) is 6.61 Å². The van der Waals surface area contributed by atoms with Gasteiger partial charge in [-0.25, -0.2) is 0 Å². The summed E-state index contributed by atoms with van der Waals surface area (Å²) in [5.41, 5.74) is 0. The van der Waals surface area contributed by atoms with E-state index in [1.807, 2.05) is 0 Å². The quantitative estimate of drug-likeness (QED) is 0.759. The Hall–Kier alpha value is -2.05. The summed E-state index contributed by atoms with van der Waals surface area (Å²) in [7, 11) is 1.36. The standard InChI is InChI=1S/C13H18N2O5/c1-9-6-11(14-20-9)19-8-12(16)15-5-3-4-10(7-15)13(17)18-2/h6,10H,3-5,7-8H2,1-2H3/t10-/m0/s1. The van der Waals surface area contributed by atoms with Crippen molar-refractivity contribution in [3.8, 4) is 5.88 Å². The smallest absolute Gasteiger partial charge is 0.310 e. The fourth-order valence-corrected chi connectivity index (χ4v) is 2.20. The number of aryl methyl sites for hydroxylation is 1. The Morgan fingerprint density at radius 3 is 3.00 bits per heavy atom. The summed E-state index contributed by atoms with van der Waals surface area (Å²) in [6, 6.07) is 1.61. The number of hydrogen-bond acceptors (Lipinski definition) is 6. The number of piperidine rings is 1. The van der Waals surface area contributed by atoms with Crippen LogP contribution >= 0.6 is 0 Å². The molecular formula is C13H18N2O5. The van der Waals surface area contributed by atoms with Crippen LogP contribution in [0.25, 0.3) is 0 Å². The third kappa shape index (κ3) is 3.49. The van der Waals surface area contributed by atoms with Crippen molar-refractivity contribution < 1.29 is 23.6 Å². The van der Waals surface area contributed by atoms with Crippen LogP contribution in [0.4, 0.5) is 0 Å². The second-order valence-corrected chi connectivity index (χ2v) is 4.77. The zero-order chi connectivity index (χ0) is 14.5. The van der Waals surface area contributed by atoms with Crippen LogP contribution in [0.15, 0.2) is 10.6 Å². The van der Waals surface area contributed by atoms with Crippen molar-refractivity contribution in [2.45, 2.75) is 19.8 Å². The number of esters is 1. The molecule has 1 aliphatic rings. The molecule has 1 fully saturated rings. The van der Waals surface area contributed by atoms with E-state index < -0.39 is 0 Å². The molecule has 2 heterocycles. The maximum absolute atomic E-state index is 12.0. The van der Waals surface area contributed by atoms with E-state index in [0.29, 0.717) is 18.8 Å². The van der Waals surface area contributed by atoms with Crippen LogP contribution in [0.1, 0.15) is 18.6 Å². The minimum absolute atomic E-state index is 0.111. The highest BCUT2D eigenvalue weighted by molar-refractivity contribution is 5.79. The van der Waals surface area contributed by atoms with Gasteiger partial charge >= 0.3 is 5.97 Å². The Bertz CT molecular complexity index is 485. The molecule has 0 N–H and O–H groups in total. The predicted octanol–water partition coefficient (Wildman–Crippen LogP) is 0.773. The van der Waals surface area contributed by atoms with Crippen molar-refractivity contribution >= 4 is 11.9 Å². The van der Waals surface area contributed by atoms with E-state index in [4.69, 9.17) is 14.0 Å². The molecule has 110 valence electrons. The van der Waals surface area contributed by atoms with Crippen molar-refractivity contribution in [1.82, 2.24) is 10.1 Å². The molecule has 0 radical (unpaired) electrons. The monoisotopic (exact) mass is 282 g/mol. The van der Waals surface area contributed by atoms with Gasteiger partial charge in [-0.2, -0.15) is 0 Å². The number of aromatic nitrogens is 1. The molecule has 1 aromatic heterocycles. The molecule has 0 aliphatic carbocycles. The summed E-state index contributed by atoms with van der Waals surface area (Å²) in [5.74, 6) is 0.232. The van der Waals surface area contributed by atoms with Crippen molar-refractivity contribution in [3.05, 3.63) is 11.8 Å². The van der Waals surface area contributed by atoms with Crippen molar-refractivity contribution in [1.29, 1.82) is 0 Å². The summed E-state index contributed by atoms with van der Waals surface area (Å²) in [6.45, 7) is 2.65. The molecule has 7 heteroatoms. The first-order valence-electron chi connectivity index (χ1n) is 6.52. The number of ether oxygens (including phenoxy) is 2. The van der Waals surface area contributed by atoms with Gasteiger partial charge in [-0.15, -0.1) is 0 Å². The van der Waals surface area contributed by atoms with Crippen molar-refractivity contribution in [3.63, 3.8) is 0 Å². The second kappa shape index (κ2) is 6.40. The minimum Gasteiger partial charge on any atom is -0.469 e. The zero-order valence-corrected chi connectivity index (χ0v) is 11.6. The van der Waals surface area contributed by atoms with Crippen LogP contribution in [0.3, 0.4) is 0 Å². The number of hydrogen-bond donors (Lipinski definition) is 0. The van der Waals surface area contributed by atoms with Crippen molar-refractivity contribution in [2.75, 3.05) is 26.8 Å². The van der Waals surface area contributed by atoms with E-state index >= 15 is 0 Å². The van der Waals surface area contributed by atoms with E-state index in [2.05, 4.69) is 5.16 Å². The number of amides is 1. The lowest BCUT2D eigenvalue weighted by atomic mass is 9.98. The van der Waals surface area contributed by atoms with Crippen LogP contribution in [-0.2, 0) is 14.3 Å². The molecule has 7 nitrogen and oxygen atoms in total. The summed E-state index contributed by atoms with van der Waals surface area (Å²) in [6.07, 6.45) is 1.54. The topological polar surface area (TPSA) is 81.9 Å². The highest BCUT2D eigenvalue weighted by Crippen LogP contribution is 2.18. The van der Waals surface area contributed by atoms with E-state index in [0.717, 1.165) is 12.8 Å². The average molecular weight is 282 g/mol. The van der Waals surface area contributed by atoms with Gasteiger partial charge in [0.25, 0.3) is 11.8 Å². The van der Waals surface area contributed by atoms with Crippen LogP contribution in [0, 0.1) is 12.8 Å². The molecule has 2 rings (SSSR count). The normalized spacial score (nSPS) is 18.7. The SMILES string of the molecule is COC(=O)[C@H]1CCCN(C(=O)COc2cc(C)on2)C1. The fourth-order valence-electron chi connectivity index (χ4n) is 2.20. The van der Waals surface area contributed by atoms with E-state index in [1.165, 1.54) is 7.11 Å². The Labute approximate surface area is 116 Å². The minimum atomic E-state index is -0.268. The van der Waals surface area contributed by atoms with Gasteiger partial charge in [0, 0.05) is 19.2 Å². The van der Waals surface area contributed by atoms with Gasteiger partial charge in [0.05, 0.1) is 13.0 Å². The van der Waals surface area contributed by atoms with E-state index in [1.54, 1.807) is 17.9 Å². The number of carbonyl (C=O) groups excluding carboxylic acids is 2. The molecule has 0 aromatic carbocycles. The molecule has 1 saturated heterocycles. The molecule has 1 amide bonds. The number of likely N-dealkylation sites (tertiary alicyclic amines) is 1. The first-order chi connectivity index (χ1) is 9.60. The molecule has 0 unspecified atom stereocenters. The lowest BCUT2D eigenvalue weighted by Gasteiger charge is -2.31. The van der Waals surface area contributed by atoms with Gasteiger partial charge in [-0.3, -0.25) is 9.59 Å². The maximum atomic E-state index is 12.0.